The average molecular weight is 345 g/mol. The van der Waals surface area contributed by atoms with E-state index in [1.165, 1.54) is 0 Å². The molecule has 0 saturated heterocycles. The van der Waals surface area contributed by atoms with Crippen molar-refractivity contribution in [3.63, 3.8) is 0 Å². The normalized spacial score (nSPS) is 10.8. The van der Waals surface area contributed by atoms with Crippen LogP contribution in [0.3, 0.4) is 0 Å². The van der Waals surface area contributed by atoms with E-state index in [1.807, 2.05) is 48.7 Å². The predicted molar refractivity (Wildman–Crippen MR) is 101 cm³/mol. The van der Waals surface area contributed by atoms with E-state index in [9.17, 15) is 0 Å². The lowest BCUT2D eigenvalue weighted by atomic mass is 10.2. The number of benzene rings is 1. The zero-order valence-corrected chi connectivity index (χ0v) is 14.7. The van der Waals surface area contributed by atoms with Gasteiger partial charge in [0.25, 0.3) is 0 Å². The molecule has 130 valence electrons. The fourth-order valence-corrected chi connectivity index (χ4v) is 3.08. The summed E-state index contributed by atoms with van der Waals surface area (Å²) in [5, 5.41) is 1.10. The van der Waals surface area contributed by atoms with Crippen molar-refractivity contribution in [2.24, 2.45) is 0 Å². The molecular weight excluding hydrogens is 326 g/mol. The molecule has 0 aliphatic carbocycles. The second kappa shape index (κ2) is 6.88. The number of ether oxygens (including phenoxy) is 2. The number of methoxy groups -OCH3 is 1. The molecule has 3 heterocycles. The van der Waals surface area contributed by atoms with Crippen LogP contribution in [0.15, 0.2) is 67.1 Å². The molecule has 0 aliphatic heterocycles. The summed E-state index contributed by atoms with van der Waals surface area (Å²) in [5.74, 6) is 2.02. The van der Waals surface area contributed by atoms with Crippen molar-refractivity contribution in [2.45, 2.75) is 13.5 Å². The van der Waals surface area contributed by atoms with Crippen LogP contribution in [0.5, 0.6) is 17.5 Å². The third kappa shape index (κ3) is 3.11. The minimum absolute atomic E-state index is 0.589. The molecule has 0 N–H and O–H groups in total. The number of hydrogen-bond acceptors (Lipinski definition) is 4. The molecule has 1 aromatic carbocycles. The number of pyridine rings is 2. The highest BCUT2D eigenvalue weighted by molar-refractivity contribution is 5.90. The van der Waals surface area contributed by atoms with E-state index >= 15 is 0 Å². The van der Waals surface area contributed by atoms with E-state index in [1.54, 1.807) is 13.3 Å². The summed E-state index contributed by atoms with van der Waals surface area (Å²) in [6, 6.07) is 15.6. The van der Waals surface area contributed by atoms with Gasteiger partial charge < -0.3 is 14.0 Å². The van der Waals surface area contributed by atoms with Gasteiger partial charge in [0, 0.05) is 42.7 Å². The highest BCUT2D eigenvalue weighted by Crippen LogP contribution is 2.33. The Morgan fingerprint density at radius 2 is 1.88 bits per heavy atom. The first kappa shape index (κ1) is 16.1. The van der Waals surface area contributed by atoms with Crippen molar-refractivity contribution in [3.05, 3.63) is 78.2 Å². The van der Waals surface area contributed by atoms with Crippen molar-refractivity contribution >= 4 is 10.9 Å². The van der Waals surface area contributed by atoms with Gasteiger partial charge >= 0.3 is 0 Å². The lowest BCUT2D eigenvalue weighted by Gasteiger charge is -2.09. The summed E-state index contributed by atoms with van der Waals surface area (Å²) in [6.07, 6.45) is 5.71. The lowest BCUT2D eigenvalue weighted by Crippen LogP contribution is -1.99. The molecule has 0 atom stereocenters. The maximum Gasteiger partial charge on any atom is 0.219 e. The summed E-state index contributed by atoms with van der Waals surface area (Å²) in [4.78, 5) is 8.54. The van der Waals surface area contributed by atoms with E-state index in [0.717, 1.165) is 34.3 Å². The van der Waals surface area contributed by atoms with Gasteiger partial charge in [-0.2, -0.15) is 0 Å². The third-order valence-electron chi connectivity index (χ3n) is 4.27. The molecule has 4 rings (SSSR count). The number of aromatic nitrogens is 3. The summed E-state index contributed by atoms with van der Waals surface area (Å²) in [6.45, 7) is 2.82. The first-order chi connectivity index (χ1) is 12.7. The molecule has 0 spiro atoms. The van der Waals surface area contributed by atoms with E-state index < -0.39 is 0 Å². The summed E-state index contributed by atoms with van der Waals surface area (Å²) in [7, 11) is 1.62. The standard InChI is InChI=1S/C21H19N3O2/c1-15-13-24(14-16-9-10-19(25-2)23-12-16)17-6-5-7-18(21(15)17)26-20-8-3-4-11-22-20/h3-13H,14H2,1-2H3. The van der Waals surface area contributed by atoms with E-state index in [0.29, 0.717) is 11.8 Å². The molecule has 0 aliphatic rings. The van der Waals surface area contributed by atoms with Gasteiger partial charge in [-0.3, -0.25) is 0 Å². The Morgan fingerprint density at radius 3 is 2.62 bits per heavy atom. The van der Waals surface area contributed by atoms with Gasteiger partial charge in [0.15, 0.2) is 0 Å². The Kier molecular flexibility index (Phi) is 4.27. The second-order valence-electron chi connectivity index (χ2n) is 6.07. The molecule has 0 fully saturated rings. The van der Waals surface area contributed by atoms with Crippen molar-refractivity contribution < 1.29 is 9.47 Å². The highest BCUT2D eigenvalue weighted by atomic mass is 16.5. The van der Waals surface area contributed by atoms with E-state index in [2.05, 4.69) is 33.7 Å². The Labute approximate surface area is 151 Å². The third-order valence-corrected chi connectivity index (χ3v) is 4.27. The van der Waals surface area contributed by atoms with Crippen LogP contribution in [0.1, 0.15) is 11.1 Å². The van der Waals surface area contributed by atoms with Crippen LogP contribution in [0.4, 0.5) is 0 Å². The highest BCUT2D eigenvalue weighted by Gasteiger charge is 2.12. The van der Waals surface area contributed by atoms with Gasteiger partial charge in [-0.15, -0.1) is 0 Å². The molecule has 5 nitrogen and oxygen atoms in total. The van der Waals surface area contributed by atoms with Gasteiger partial charge in [-0.05, 0) is 36.2 Å². The van der Waals surface area contributed by atoms with Crippen LogP contribution < -0.4 is 9.47 Å². The minimum Gasteiger partial charge on any atom is -0.481 e. The van der Waals surface area contributed by atoms with Crippen molar-refractivity contribution in [2.75, 3.05) is 7.11 Å². The predicted octanol–water partition coefficient (Wildman–Crippen LogP) is 4.59. The molecule has 4 aromatic rings. The molecule has 0 bridgehead atoms. The number of nitrogens with zero attached hydrogens (tertiary/aromatic N) is 3. The van der Waals surface area contributed by atoms with Crippen LogP contribution in [0, 0.1) is 6.92 Å². The van der Waals surface area contributed by atoms with Gasteiger partial charge in [0.2, 0.25) is 11.8 Å². The molecular formula is C21H19N3O2. The van der Waals surface area contributed by atoms with E-state index in [4.69, 9.17) is 9.47 Å². The van der Waals surface area contributed by atoms with Crippen molar-refractivity contribution in [1.82, 2.24) is 14.5 Å². The number of aryl methyl sites for hydroxylation is 1. The van der Waals surface area contributed by atoms with E-state index in [-0.39, 0.29) is 0 Å². The zero-order valence-electron chi connectivity index (χ0n) is 14.7. The van der Waals surface area contributed by atoms with Crippen LogP contribution in [0.2, 0.25) is 0 Å². The fraction of sp³-hybridized carbons (Fsp3) is 0.143. The number of hydrogen-bond donors (Lipinski definition) is 0. The fourth-order valence-electron chi connectivity index (χ4n) is 3.08. The molecule has 0 saturated carbocycles. The molecule has 3 aromatic heterocycles. The topological polar surface area (TPSA) is 49.2 Å². The Bertz CT molecular complexity index is 1020. The van der Waals surface area contributed by atoms with Crippen molar-refractivity contribution in [1.29, 1.82) is 0 Å². The Morgan fingerprint density at radius 1 is 0.962 bits per heavy atom. The van der Waals surface area contributed by atoms with Gasteiger partial charge in [-0.1, -0.05) is 18.2 Å². The quantitative estimate of drug-likeness (QED) is 0.531. The zero-order chi connectivity index (χ0) is 17.9. The van der Waals surface area contributed by atoms with Crippen LogP contribution in [-0.4, -0.2) is 21.6 Å². The Balaban J connectivity index is 1.69. The first-order valence-electron chi connectivity index (χ1n) is 8.41. The monoisotopic (exact) mass is 345 g/mol. The maximum absolute atomic E-state index is 6.01. The van der Waals surface area contributed by atoms with Gasteiger partial charge in [0.1, 0.15) is 5.75 Å². The molecule has 26 heavy (non-hydrogen) atoms. The molecule has 0 radical (unpaired) electrons. The average Bonchev–Trinajstić information content (AvgIpc) is 3.00. The van der Waals surface area contributed by atoms with Crippen LogP contribution in [-0.2, 0) is 6.54 Å². The summed E-state index contributed by atoms with van der Waals surface area (Å²) >= 11 is 0. The largest absolute Gasteiger partial charge is 0.481 e. The van der Waals surface area contributed by atoms with Crippen LogP contribution in [0.25, 0.3) is 10.9 Å². The van der Waals surface area contributed by atoms with Gasteiger partial charge in [-0.25, -0.2) is 9.97 Å². The summed E-state index contributed by atoms with van der Waals surface area (Å²) < 4.78 is 13.3. The molecule has 0 unspecified atom stereocenters. The minimum atomic E-state index is 0.589. The van der Waals surface area contributed by atoms with Gasteiger partial charge in [0.05, 0.1) is 12.6 Å². The summed E-state index contributed by atoms with van der Waals surface area (Å²) in [5.41, 5.74) is 3.39. The second-order valence-corrected chi connectivity index (χ2v) is 6.07. The number of fused-ring (bicyclic) bond motifs is 1. The molecule has 0 amide bonds. The van der Waals surface area contributed by atoms with Crippen molar-refractivity contribution in [3.8, 4) is 17.5 Å². The first-order valence-corrected chi connectivity index (χ1v) is 8.41. The maximum atomic E-state index is 6.01. The number of rotatable bonds is 5. The lowest BCUT2D eigenvalue weighted by molar-refractivity contribution is 0.397. The SMILES string of the molecule is COc1ccc(Cn2cc(C)c3c(Oc4ccccn4)cccc32)cn1. The smallest absolute Gasteiger partial charge is 0.219 e. The Hall–Kier alpha value is -3.34. The van der Waals surface area contributed by atoms with Crippen LogP contribution >= 0.6 is 0 Å². The molecule has 5 heteroatoms.